The van der Waals surface area contributed by atoms with E-state index in [0.29, 0.717) is 0 Å². The molecule has 0 saturated heterocycles. The molecule has 0 spiro atoms. The van der Waals surface area contributed by atoms with Crippen LogP contribution in [0.2, 0.25) is 0 Å². The van der Waals surface area contributed by atoms with Gasteiger partial charge in [0.2, 0.25) is 0 Å². The molecule has 0 unspecified atom stereocenters. The minimum Gasteiger partial charge on any atom is -0.323 e. The van der Waals surface area contributed by atoms with E-state index in [1.807, 2.05) is 6.07 Å². The summed E-state index contributed by atoms with van der Waals surface area (Å²) >= 11 is 0. The minimum absolute atomic E-state index is 0.0208. The van der Waals surface area contributed by atoms with Crippen LogP contribution >= 0.6 is 0 Å². The van der Waals surface area contributed by atoms with Gasteiger partial charge in [-0.3, -0.25) is 9.78 Å². The number of carbonyl (C=O) groups is 1. The van der Waals surface area contributed by atoms with E-state index in [4.69, 9.17) is 5.26 Å². The molecule has 0 atom stereocenters. The molecule has 0 bridgehead atoms. The fraction of sp³-hybridized carbons (Fsp3) is 0.364. The van der Waals surface area contributed by atoms with Crippen LogP contribution < -0.4 is 0 Å². The molecule has 0 aromatic carbocycles. The summed E-state index contributed by atoms with van der Waals surface area (Å²) in [6.07, 6.45) is 2.32. The summed E-state index contributed by atoms with van der Waals surface area (Å²) in [6.45, 7) is 3.57. The summed E-state index contributed by atoms with van der Waals surface area (Å²) in [6, 6.07) is 2.90. The maximum atomic E-state index is 12.9. The van der Waals surface area contributed by atoms with Gasteiger partial charge in [-0.05, 0) is 19.9 Å². The van der Waals surface area contributed by atoms with Crippen molar-refractivity contribution in [2.75, 3.05) is 6.54 Å². The van der Waals surface area contributed by atoms with Gasteiger partial charge in [0.25, 0.3) is 5.91 Å². The van der Waals surface area contributed by atoms with Crippen LogP contribution in [0.25, 0.3) is 0 Å². The molecule has 1 aromatic heterocycles. The van der Waals surface area contributed by atoms with Crippen LogP contribution in [0.1, 0.15) is 24.2 Å². The molecule has 16 heavy (non-hydrogen) atoms. The van der Waals surface area contributed by atoms with E-state index in [1.165, 1.54) is 11.1 Å². The lowest BCUT2D eigenvalue weighted by atomic mass is 10.2. The van der Waals surface area contributed by atoms with Gasteiger partial charge in [0.15, 0.2) is 0 Å². The van der Waals surface area contributed by atoms with Crippen molar-refractivity contribution in [3.05, 3.63) is 29.8 Å². The van der Waals surface area contributed by atoms with Crippen LogP contribution in [-0.2, 0) is 0 Å². The SMILES string of the molecule is CC(C)N(CC#N)C(=O)c1cncc(F)c1. The van der Waals surface area contributed by atoms with Gasteiger partial charge in [0, 0.05) is 12.2 Å². The maximum absolute atomic E-state index is 12.9. The van der Waals surface area contributed by atoms with Gasteiger partial charge in [-0.2, -0.15) is 5.26 Å². The third-order valence-corrected chi connectivity index (χ3v) is 2.08. The molecule has 1 aromatic rings. The Kier molecular flexibility index (Phi) is 3.95. The first-order valence-electron chi connectivity index (χ1n) is 4.84. The molecule has 1 heterocycles. The third kappa shape index (κ3) is 2.76. The van der Waals surface area contributed by atoms with E-state index in [2.05, 4.69) is 4.98 Å². The van der Waals surface area contributed by atoms with Crippen molar-refractivity contribution in [1.29, 1.82) is 5.26 Å². The van der Waals surface area contributed by atoms with E-state index >= 15 is 0 Å². The second kappa shape index (κ2) is 5.21. The highest BCUT2D eigenvalue weighted by Crippen LogP contribution is 2.08. The Labute approximate surface area is 93.3 Å². The van der Waals surface area contributed by atoms with Gasteiger partial charge < -0.3 is 4.90 Å². The molecule has 4 nitrogen and oxygen atoms in total. The molecule has 1 rings (SSSR count). The molecule has 5 heteroatoms. The molecule has 0 fully saturated rings. The van der Waals surface area contributed by atoms with E-state index < -0.39 is 5.82 Å². The molecule has 1 amide bonds. The zero-order chi connectivity index (χ0) is 12.1. The molecule has 84 valence electrons. The minimum atomic E-state index is -0.563. The smallest absolute Gasteiger partial charge is 0.256 e. The number of carbonyl (C=O) groups excluding carboxylic acids is 1. The summed E-state index contributed by atoms with van der Waals surface area (Å²) in [5, 5.41) is 8.60. The fourth-order valence-electron chi connectivity index (χ4n) is 1.26. The van der Waals surface area contributed by atoms with E-state index in [0.717, 1.165) is 12.3 Å². The van der Waals surface area contributed by atoms with Crippen molar-refractivity contribution in [1.82, 2.24) is 9.88 Å². The number of aromatic nitrogens is 1. The summed E-state index contributed by atoms with van der Waals surface area (Å²) < 4.78 is 12.9. The fourth-order valence-corrected chi connectivity index (χ4v) is 1.26. The number of nitriles is 1. The van der Waals surface area contributed by atoms with E-state index in [9.17, 15) is 9.18 Å². The van der Waals surface area contributed by atoms with Gasteiger partial charge in [-0.25, -0.2) is 4.39 Å². The lowest BCUT2D eigenvalue weighted by molar-refractivity contribution is 0.0730. The number of rotatable bonds is 3. The van der Waals surface area contributed by atoms with Crippen LogP contribution in [-0.4, -0.2) is 28.4 Å². The molecule has 0 N–H and O–H groups in total. The Morgan fingerprint density at radius 3 is 2.81 bits per heavy atom. The molecule has 0 saturated carbocycles. The van der Waals surface area contributed by atoms with E-state index in [1.54, 1.807) is 13.8 Å². The largest absolute Gasteiger partial charge is 0.323 e. The molecule has 0 aliphatic heterocycles. The Morgan fingerprint density at radius 1 is 1.62 bits per heavy atom. The van der Waals surface area contributed by atoms with Crippen LogP contribution in [0, 0.1) is 17.1 Å². The van der Waals surface area contributed by atoms with Crippen molar-refractivity contribution >= 4 is 5.91 Å². The second-order valence-electron chi connectivity index (χ2n) is 3.58. The number of hydrogen-bond acceptors (Lipinski definition) is 3. The van der Waals surface area contributed by atoms with Gasteiger partial charge in [-0.1, -0.05) is 0 Å². The number of nitrogens with zero attached hydrogens (tertiary/aromatic N) is 3. The monoisotopic (exact) mass is 221 g/mol. The number of pyridine rings is 1. The zero-order valence-corrected chi connectivity index (χ0v) is 9.14. The lowest BCUT2D eigenvalue weighted by Gasteiger charge is -2.23. The van der Waals surface area contributed by atoms with Crippen LogP contribution in [0.5, 0.6) is 0 Å². The Bertz CT molecular complexity index is 425. The maximum Gasteiger partial charge on any atom is 0.256 e. The van der Waals surface area contributed by atoms with Crippen LogP contribution in [0.15, 0.2) is 18.5 Å². The zero-order valence-electron chi connectivity index (χ0n) is 9.14. The predicted octanol–water partition coefficient (Wildman–Crippen LogP) is 1.59. The Hall–Kier alpha value is -1.96. The highest BCUT2D eigenvalue weighted by molar-refractivity contribution is 5.94. The summed E-state index contributed by atoms with van der Waals surface area (Å²) in [7, 11) is 0. The summed E-state index contributed by atoms with van der Waals surface area (Å²) in [5.41, 5.74) is 0.156. The average Bonchev–Trinajstić information content (AvgIpc) is 2.24. The molecular weight excluding hydrogens is 209 g/mol. The molecule has 0 aliphatic carbocycles. The van der Waals surface area contributed by atoms with E-state index in [-0.39, 0.29) is 24.1 Å². The van der Waals surface area contributed by atoms with Crippen LogP contribution in [0.3, 0.4) is 0 Å². The number of amides is 1. The number of hydrogen-bond donors (Lipinski definition) is 0. The lowest BCUT2D eigenvalue weighted by Crippen LogP contribution is -2.37. The summed E-state index contributed by atoms with van der Waals surface area (Å²) in [5.74, 6) is -0.949. The second-order valence-corrected chi connectivity index (χ2v) is 3.58. The quantitative estimate of drug-likeness (QED) is 0.728. The molecular formula is C11H12FN3O. The highest BCUT2D eigenvalue weighted by atomic mass is 19.1. The van der Waals surface area contributed by atoms with Gasteiger partial charge in [0.1, 0.15) is 12.4 Å². The van der Waals surface area contributed by atoms with Gasteiger partial charge >= 0.3 is 0 Å². The van der Waals surface area contributed by atoms with Crippen molar-refractivity contribution in [3.63, 3.8) is 0 Å². The first-order chi connectivity index (χ1) is 7.56. The average molecular weight is 221 g/mol. The number of halogens is 1. The standard InChI is InChI=1S/C11H12FN3O/c1-8(2)15(4-3-13)11(16)9-5-10(12)7-14-6-9/h5-8H,4H2,1-2H3. The van der Waals surface area contributed by atoms with Gasteiger partial charge in [0.05, 0.1) is 17.8 Å². The normalized spacial score (nSPS) is 9.94. The van der Waals surface area contributed by atoms with Crippen molar-refractivity contribution in [2.45, 2.75) is 19.9 Å². The Morgan fingerprint density at radius 2 is 2.31 bits per heavy atom. The topological polar surface area (TPSA) is 57.0 Å². The molecule has 0 aliphatic rings. The molecule has 0 radical (unpaired) electrons. The van der Waals surface area contributed by atoms with Crippen LogP contribution in [0.4, 0.5) is 4.39 Å². The Balaban J connectivity index is 2.95. The first-order valence-corrected chi connectivity index (χ1v) is 4.84. The summed E-state index contributed by atoms with van der Waals surface area (Å²) in [4.78, 5) is 16.9. The van der Waals surface area contributed by atoms with Crippen molar-refractivity contribution in [3.8, 4) is 6.07 Å². The highest BCUT2D eigenvalue weighted by Gasteiger charge is 2.18. The predicted molar refractivity (Wildman–Crippen MR) is 56.0 cm³/mol. The van der Waals surface area contributed by atoms with Crippen molar-refractivity contribution < 1.29 is 9.18 Å². The first kappa shape index (κ1) is 12.1. The van der Waals surface area contributed by atoms with Crippen molar-refractivity contribution in [2.24, 2.45) is 0 Å². The third-order valence-electron chi connectivity index (χ3n) is 2.08. The van der Waals surface area contributed by atoms with Gasteiger partial charge in [-0.15, -0.1) is 0 Å².